The van der Waals surface area contributed by atoms with E-state index in [4.69, 9.17) is 5.73 Å². The third kappa shape index (κ3) is 2.28. The van der Waals surface area contributed by atoms with Crippen LogP contribution in [0.15, 0.2) is 27.5 Å². The maximum atomic E-state index is 5.83. The summed E-state index contributed by atoms with van der Waals surface area (Å²) in [4.78, 5) is 4.35. The molecule has 0 amide bonds. The lowest BCUT2D eigenvalue weighted by atomic mass is 10.3. The number of nitrogens with two attached hydrogens (primary N) is 1. The Labute approximate surface area is 83.2 Å². The van der Waals surface area contributed by atoms with Gasteiger partial charge in [0.2, 0.25) is 0 Å². The lowest BCUT2D eigenvalue weighted by Crippen LogP contribution is -2.14. The molecule has 0 aromatic rings. The van der Waals surface area contributed by atoms with Crippen molar-refractivity contribution >= 4 is 17.5 Å². The van der Waals surface area contributed by atoms with Gasteiger partial charge in [-0.15, -0.1) is 11.8 Å². The van der Waals surface area contributed by atoms with Gasteiger partial charge in [0.15, 0.2) is 0 Å². The van der Waals surface area contributed by atoms with E-state index < -0.39 is 0 Å². The highest BCUT2D eigenvalue weighted by Crippen LogP contribution is 2.17. The maximum Gasteiger partial charge on any atom is 0.0939 e. The molecule has 4 heteroatoms. The van der Waals surface area contributed by atoms with Gasteiger partial charge in [0.1, 0.15) is 0 Å². The van der Waals surface area contributed by atoms with Crippen LogP contribution in [-0.2, 0) is 0 Å². The summed E-state index contributed by atoms with van der Waals surface area (Å²) in [5, 5.41) is 4.00. The van der Waals surface area contributed by atoms with Gasteiger partial charge in [0, 0.05) is 12.2 Å². The van der Waals surface area contributed by atoms with Crippen LogP contribution in [0.3, 0.4) is 0 Å². The zero-order valence-electron chi connectivity index (χ0n) is 8.22. The van der Waals surface area contributed by atoms with Crippen LogP contribution < -0.4 is 11.1 Å². The molecule has 0 aliphatic carbocycles. The normalized spacial score (nSPS) is 23.0. The summed E-state index contributed by atoms with van der Waals surface area (Å²) >= 11 is 1.53. The van der Waals surface area contributed by atoms with Crippen molar-refractivity contribution in [1.82, 2.24) is 5.32 Å². The van der Waals surface area contributed by atoms with Crippen molar-refractivity contribution in [2.45, 2.75) is 13.8 Å². The fraction of sp³-hybridized carbons (Fsp3) is 0.444. The van der Waals surface area contributed by atoms with Gasteiger partial charge in [-0.2, -0.15) is 0 Å². The van der Waals surface area contributed by atoms with Crippen molar-refractivity contribution in [3.63, 3.8) is 0 Å². The highest BCUT2D eigenvalue weighted by atomic mass is 32.2. The minimum absolute atomic E-state index is 0.784. The Morgan fingerprint density at radius 1 is 1.69 bits per heavy atom. The molecule has 1 aliphatic rings. The number of nitrogens with one attached hydrogen (secondary N) is 1. The van der Waals surface area contributed by atoms with Gasteiger partial charge in [-0.25, -0.2) is 0 Å². The zero-order valence-corrected chi connectivity index (χ0v) is 9.03. The largest absolute Gasteiger partial charge is 0.392 e. The van der Waals surface area contributed by atoms with Crippen LogP contribution in [0.2, 0.25) is 0 Å². The van der Waals surface area contributed by atoms with Crippen LogP contribution in [0.5, 0.6) is 0 Å². The molecule has 0 aromatic carbocycles. The second kappa shape index (κ2) is 4.37. The quantitative estimate of drug-likeness (QED) is 0.704. The molecular formula is C9H15N3S. The number of thioether (sulfide) groups is 1. The molecule has 0 bridgehead atoms. The second-order valence-electron chi connectivity index (χ2n) is 2.76. The van der Waals surface area contributed by atoms with E-state index in [0.717, 1.165) is 28.7 Å². The second-order valence-corrected chi connectivity index (χ2v) is 3.60. The summed E-state index contributed by atoms with van der Waals surface area (Å²) in [6.07, 6.45) is 3.98. The van der Waals surface area contributed by atoms with Crippen molar-refractivity contribution in [3.05, 3.63) is 22.5 Å². The summed E-state index contributed by atoms with van der Waals surface area (Å²) in [6, 6.07) is 0. The lowest BCUT2D eigenvalue weighted by molar-refractivity contribution is 1.04. The number of rotatable bonds is 2. The van der Waals surface area contributed by atoms with Gasteiger partial charge in [-0.05, 0) is 26.2 Å². The first kappa shape index (κ1) is 10.2. The van der Waals surface area contributed by atoms with E-state index >= 15 is 0 Å². The Bertz CT molecular complexity index is 289. The molecule has 0 spiro atoms. The van der Waals surface area contributed by atoms with Crippen LogP contribution >= 0.6 is 11.8 Å². The van der Waals surface area contributed by atoms with Gasteiger partial charge in [0.25, 0.3) is 0 Å². The Kier molecular flexibility index (Phi) is 3.42. The molecule has 0 atom stereocenters. The Balaban J connectivity index is 2.98. The molecule has 0 aromatic heterocycles. The first-order chi connectivity index (χ1) is 6.19. The molecule has 0 fully saturated rings. The standard InChI is InChI=1S/C9H15N3S/c1-4-11-7-5-6(2)12-8(7)9(10)13-3/h5,12H,4,10H2,1-3H3/b9-8-,11-7-. The molecule has 3 nitrogen and oxygen atoms in total. The molecule has 0 radical (unpaired) electrons. The number of nitrogens with zero attached hydrogens (tertiary/aromatic N) is 1. The summed E-state index contributed by atoms with van der Waals surface area (Å²) in [5.74, 6) is 0. The molecule has 0 unspecified atom stereocenters. The van der Waals surface area contributed by atoms with Crippen LogP contribution in [0.25, 0.3) is 0 Å². The zero-order chi connectivity index (χ0) is 9.84. The van der Waals surface area contributed by atoms with Crippen molar-refractivity contribution in [2.24, 2.45) is 10.7 Å². The van der Waals surface area contributed by atoms with Crippen molar-refractivity contribution in [2.75, 3.05) is 12.8 Å². The average Bonchev–Trinajstić information content (AvgIpc) is 2.46. The summed E-state index contributed by atoms with van der Waals surface area (Å²) in [7, 11) is 0. The monoisotopic (exact) mass is 197 g/mol. The predicted molar refractivity (Wildman–Crippen MR) is 59.6 cm³/mol. The van der Waals surface area contributed by atoms with Crippen molar-refractivity contribution < 1.29 is 0 Å². The molecule has 72 valence electrons. The number of aliphatic imine (C=N–C) groups is 1. The van der Waals surface area contributed by atoms with E-state index in [-0.39, 0.29) is 0 Å². The molecule has 13 heavy (non-hydrogen) atoms. The third-order valence-corrected chi connectivity index (χ3v) is 2.37. The molecular weight excluding hydrogens is 182 g/mol. The fourth-order valence-electron chi connectivity index (χ4n) is 1.16. The minimum Gasteiger partial charge on any atom is -0.392 e. The van der Waals surface area contributed by atoms with Crippen LogP contribution in [0.4, 0.5) is 0 Å². The molecule has 3 N–H and O–H groups in total. The minimum atomic E-state index is 0.784. The molecule has 1 rings (SSSR count). The first-order valence-corrected chi connectivity index (χ1v) is 5.45. The summed E-state index contributed by atoms with van der Waals surface area (Å²) < 4.78 is 0. The van der Waals surface area contributed by atoms with Gasteiger partial charge >= 0.3 is 0 Å². The molecule has 1 heterocycles. The van der Waals surface area contributed by atoms with Crippen LogP contribution in [-0.4, -0.2) is 18.5 Å². The smallest absolute Gasteiger partial charge is 0.0939 e. The van der Waals surface area contributed by atoms with Crippen LogP contribution in [0, 0.1) is 0 Å². The number of hydrogen-bond acceptors (Lipinski definition) is 4. The summed E-state index contributed by atoms with van der Waals surface area (Å²) in [6.45, 7) is 4.80. The Morgan fingerprint density at radius 3 is 2.92 bits per heavy atom. The first-order valence-electron chi connectivity index (χ1n) is 4.23. The van der Waals surface area contributed by atoms with E-state index in [1.54, 1.807) is 0 Å². The van der Waals surface area contributed by atoms with Gasteiger partial charge < -0.3 is 11.1 Å². The highest BCUT2D eigenvalue weighted by molar-refractivity contribution is 8.02. The van der Waals surface area contributed by atoms with E-state index in [1.165, 1.54) is 11.8 Å². The van der Waals surface area contributed by atoms with E-state index in [9.17, 15) is 0 Å². The molecule has 0 saturated carbocycles. The summed E-state index contributed by atoms with van der Waals surface area (Å²) in [5.41, 5.74) is 8.84. The Morgan fingerprint density at radius 2 is 2.38 bits per heavy atom. The number of hydrogen-bond donors (Lipinski definition) is 2. The third-order valence-electron chi connectivity index (χ3n) is 1.73. The molecule has 0 saturated heterocycles. The predicted octanol–water partition coefficient (Wildman–Crippen LogP) is 1.45. The molecule has 1 aliphatic heterocycles. The van der Waals surface area contributed by atoms with E-state index in [0.29, 0.717) is 0 Å². The number of allylic oxidation sites excluding steroid dienone is 2. The van der Waals surface area contributed by atoms with Gasteiger partial charge in [-0.1, -0.05) is 0 Å². The van der Waals surface area contributed by atoms with Gasteiger partial charge in [-0.3, -0.25) is 4.99 Å². The lowest BCUT2D eigenvalue weighted by Gasteiger charge is -2.05. The van der Waals surface area contributed by atoms with Crippen molar-refractivity contribution in [1.29, 1.82) is 0 Å². The SMILES string of the molecule is CC/N=C1/C=C(C)N/C1=C(/N)SC. The fourth-order valence-corrected chi connectivity index (χ4v) is 1.52. The van der Waals surface area contributed by atoms with Gasteiger partial charge in [0.05, 0.1) is 16.4 Å². The van der Waals surface area contributed by atoms with Crippen LogP contribution in [0.1, 0.15) is 13.8 Å². The maximum absolute atomic E-state index is 5.83. The topological polar surface area (TPSA) is 50.4 Å². The highest BCUT2D eigenvalue weighted by Gasteiger charge is 2.15. The van der Waals surface area contributed by atoms with E-state index in [2.05, 4.69) is 10.3 Å². The Hall–Kier alpha value is -0.900. The van der Waals surface area contributed by atoms with E-state index in [1.807, 2.05) is 26.2 Å². The van der Waals surface area contributed by atoms with Crippen molar-refractivity contribution in [3.8, 4) is 0 Å². The average molecular weight is 197 g/mol.